The van der Waals surface area contributed by atoms with Gasteiger partial charge in [-0.05, 0) is 76.5 Å². The normalized spacial score (nSPS) is 11.4. The Hall–Kier alpha value is -1.58. The average molecular weight is 733 g/mol. The molecule has 4 heteroatoms. The van der Waals surface area contributed by atoms with E-state index in [4.69, 9.17) is 9.47 Å². The summed E-state index contributed by atoms with van der Waals surface area (Å²) in [5.41, 5.74) is 0. The van der Waals surface area contributed by atoms with Crippen molar-refractivity contribution in [1.29, 1.82) is 0 Å². The van der Waals surface area contributed by atoms with E-state index >= 15 is 0 Å². The largest absolute Gasteiger partial charge is 0.466 e. The molecule has 4 nitrogen and oxygen atoms in total. The standard InChI is InChI=1S/C26H50O2.C22H42O2/c1-3-5-7-9-11-12-13-14-15-16-17-18-19-20-22-24-26(27)28-25-23-21-10-8-6-4-2;1-4-5-6-7-8-9-10-11-12-13-14-15-16-17-18-19-22(23)24-20-21(2)3/h14-15H,3-13,16-25H2,1-2H3;11-12,21H,4-10,13-20H2,1-3H3/b15-14-;12-11-. The Morgan fingerprint density at radius 2 is 0.673 bits per heavy atom. The molecule has 0 heterocycles. The van der Waals surface area contributed by atoms with E-state index in [9.17, 15) is 9.59 Å². The van der Waals surface area contributed by atoms with Gasteiger partial charge in [-0.25, -0.2) is 0 Å². The summed E-state index contributed by atoms with van der Waals surface area (Å²) in [5, 5.41) is 0. The third-order valence-electron chi connectivity index (χ3n) is 9.62. The van der Waals surface area contributed by atoms with Gasteiger partial charge in [0.25, 0.3) is 0 Å². The molecular weight excluding hydrogens is 641 g/mol. The minimum Gasteiger partial charge on any atom is -0.466 e. The molecule has 0 bridgehead atoms. The van der Waals surface area contributed by atoms with Gasteiger partial charge in [-0.2, -0.15) is 0 Å². The van der Waals surface area contributed by atoms with Crippen molar-refractivity contribution >= 4 is 11.9 Å². The van der Waals surface area contributed by atoms with Crippen LogP contribution in [0.2, 0.25) is 0 Å². The summed E-state index contributed by atoms with van der Waals surface area (Å²) in [6.45, 7) is 12.1. The van der Waals surface area contributed by atoms with E-state index in [1.807, 2.05) is 0 Å². The zero-order chi connectivity index (χ0) is 38.4. The summed E-state index contributed by atoms with van der Waals surface area (Å²) in [5.74, 6) is 0.413. The molecule has 0 aliphatic rings. The highest BCUT2D eigenvalue weighted by Gasteiger charge is 2.04. The van der Waals surface area contributed by atoms with Crippen molar-refractivity contribution in [2.24, 2.45) is 5.92 Å². The molecule has 0 rings (SSSR count). The van der Waals surface area contributed by atoms with Crippen LogP contribution in [0.4, 0.5) is 0 Å². The third-order valence-corrected chi connectivity index (χ3v) is 9.62. The van der Waals surface area contributed by atoms with E-state index in [-0.39, 0.29) is 11.9 Å². The van der Waals surface area contributed by atoms with Crippen molar-refractivity contribution in [2.75, 3.05) is 13.2 Å². The molecule has 0 N–H and O–H groups in total. The fourth-order valence-electron chi connectivity index (χ4n) is 6.15. The Balaban J connectivity index is 0. The fraction of sp³-hybridized carbons (Fsp3) is 0.875. The zero-order valence-electron chi connectivity index (χ0n) is 36.0. The van der Waals surface area contributed by atoms with E-state index in [1.165, 1.54) is 173 Å². The molecule has 0 aromatic rings. The van der Waals surface area contributed by atoms with Crippen LogP contribution in [0, 0.1) is 5.92 Å². The van der Waals surface area contributed by atoms with E-state index in [2.05, 4.69) is 58.9 Å². The number of esters is 2. The maximum atomic E-state index is 11.7. The van der Waals surface area contributed by atoms with Gasteiger partial charge >= 0.3 is 11.9 Å². The highest BCUT2D eigenvalue weighted by molar-refractivity contribution is 5.69. The Bertz CT molecular complexity index is 755. The lowest BCUT2D eigenvalue weighted by atomic mass is 10.1. The van der Waals surface area contributed by atoms with E-state index in [0.29, 0.717) is 32.0 Å². The molecule has 0 radical (unpaired) electrons. The second kappa shape index (κ2) is 47.4. The fourth-order valence-corrected chi connectivity index (χ4v) is 6.15. The van der Waals surface area contributed by atoms with E-state index in [1.54, 1.807) is 0 Å². The Morgan fingerprint density at radius 1 is 0.385 bits per heavy atom. The van der Waals surface area contributed by atoms with Crippen molar-refractivity contribution < 1.29 is 19.1 Å². The highest BCUT2D eigenvalue weighted by atomic mass is 16.5. The lowest BCUT2D eigenvalue weighted by Crippen LogP contribution is -2.09. The Morgan fingerprint density at radius 3 is 1.02 bits per heavy atom. The van der Waals surface area contributed by atoms with Crippen molar-refractivity contribution in [1.82, 2.24) is 0 Å². The van der Waals surface area contributed by atoms with Gasteiger partial charge in [-0.1, -0.05) is 194 Å². The first-order valence-electron chi connectivity index (χ1n) is 23.1. The van der Waals surface area contributed by atoms with Gasteiger partial charge in [-0.3, -0.25) is 9.59 Å². The monoisotopic (exact) mass is 733 g/mol. The molecule has 0 aromatic heterocycles. The predicted octanol–water partition coefficient (Wildman–Crippen LogP) is 16.2. The van der Waals surface area contributed by atoms with Crippen LogP contribution in [0.3, 0.4) is 0 Å². The van der Waals surface area contributed by atoms with Gasteiger partial charge in [0, 0.05) is 12.8 Å². The number of rotatable bonds is 39. The number of unbranched alkanes of at least 4 members (excludes halogenated alkanes) is 27. The van der Waals surface area contributed by atoms with Crippen LogP contribution in [0.25, 0.3) is 0 Å². The summed E-state index contributed by atoms with van der Waals surface area (Å²) in [7, 11) is 0. The summed E-state index contributed by atoms with van der Waals surface area (Å²) >= 11 is 0. The van der Waals surface area contributed by atoms with Gasteiger partial charge in [0.2, 0.25) is 0 Å². The molecule has 52 heavy (non-hydrogen) atoms. The minimum atomic E-state index is -0.0265. The summed E-state index contributed by atoms with van der Waals surface area (Å²) in [4.78, 5) is 23.1. The van der Waals surface area contributed by atoms with Crippen molar-refractivity contribution in [3.63, 3.8) is 0 Å². The first kappa shape index (κ1) is 52.5. The molecule has 0 aliphatic carbocycles. The number of ether oxygens (including phenoxy) is 2. The zero-order valence-corrected chi connectivity index (χ0v) is 36.0. The lowest BCUT2D eigenvalue weighted by molar-refractivity contribution is -0.145. The number of allylic oxidation sites excluding steroid dienone is 4. The van der Waals surface area contributed by atoms with Crippen molar-refractivity contribution in [2.45, 2.75) is 253 Å². The second-order valence-electron chi connectivity index (χ2n) is 15.7. The molecule has 0 amide bonds. The summed E-state index contributed by atoms with van der Waals surface area (Å²) in [6, 6.07) is 0. The summed E-state index contributed by atoms with van der Waals surface area (Å²) in [6.07, 6.45) is 51.5. The first-order valence-corrected chi connectivity index (χ1v) is 23.1. The lowest BCUT2D eigenvalue weighted by Gasteiger charge is -2.06. The Labute approximate surface area is 326 Å². The number of carbonyl (C=O) groups is 2. The maximum absolute atomic E-state index is 11.7. The van der Waals surface area contributed by atoms with E-state index < -0.39 is 0 Å². The molecule has 0 atom stereocenters. The molecule has 0 aromatic carbocycles. The quantitative estimate of drug-likeness (QED) is 0.0359. The van der Waals surface area contributed by atoms with Crippen LogP contribution in [-0.2, 0) is 19.1 Å². The molecule has 0 unspecified atom stereocenters. The van der Waals surface area contributed by atoms with Crippen molar-refractivity contribution in [3.8, 4) is 0 Å². The van der Waals surface area contributed by atoms with Gasteiger partial charge in [-0.15, -0.1) is 0 Å². The van der Waals surface area contributed by atoms with Gasteiger partial charge in [0.1, 0.15) is 0 Å². The first-order chi connectivity index (χ1) is 25.5. The third kappa shape index (κ3) is 50.5. The SMILES string of the molecule is CCCCCCCC/C=C\CCCCCCCC(=O)OCC(C)C.CCCCCCCC/C=C\CCCCCCCC(=O)OCCCCCCCC. The molecule has 308 valence electrons. The van der Waals surface area contributed by atoms with Crippen LogP contribution >= 0.6 is 0 Å². The second-order valence-corrected chi connectivity index (χ2v) is 15.7. The molecule has 0 fully saturated rings. The molecular formula is C48H92O4. The molecule has 0 saturated heterocycles. The summed E-state index contributed by atoms with van der Waals surface area (Å²) < 4.78 is 10.5. The van der Waals surface area contributed by atoms with Crippen LogP contribution in [-0.4, -0.2) is 25.2 Å². The van der Waals surface area contributed by atoms with Crippen LogP contribution < -0.4 is 0 Å². The maximum Gasteiger partial charge on any atom is 0.305 e. The number of carbonyl (C=O) groups excluding carboxylic acids is 2. The predicted molar refractivity (Wildman–Crippen MR) is 229 cm³/mol. The highest BCUT2D eigenvalue weighted by Crippen LogP contribution is 2.12. The van der Waals surface area contributed by atoms with Crippen LogP contribution in [0.15, 0.2) is 24.3 Å². The molecule has 0 spiro atoms. The average Bonchev–Trinajstić information content (AvgIpc) is 3.13. The van der Waals surface area contributed by atoms with Crippen LogP contribution in [0.5, 0.6) is 0 Å². The van der Waals surface area contributed by atoms with Crippen LogP contribution in [0.1, 0.15) is 253 Å². The Kier molecular flexibility index (Phi) is 47.9. The molecule has 0 aliphatic heterocycles. The van der Waals surface area contributed by atoms with E-state index in [0.717, 1.165) is 32.1 Å². The van der Waals surface area contributed by atoms with Gasteiger partial charge in [0.15, 0.2) is 0 Å². The minimum absolute atomic E-state index is 0.00573. The molecule has 0 saturated carbocycles. The van der Waals surface area contributed by atoms with Gasteiger partial charge < -0.3 is 9.47 Å². The number of hydrogen-bond donors (Lipinski definition) is 0. The topological polar surface area (TPSA) is 52.6 Å². The number of hydrogen-bond acceptors (Lipinski definition) is 4. The smallest absolute Gasteiger partial charge is 0.305 e. The van der Waals surface area contributed by atoms with Gasteiger partial charge in [0.05, 0.1) is 13.2 Å². The van der Waals surface area contributed by atoms with Crippen molar-refractivity contribution in [3.05, 3.63) is 24.3 Å².